The number of hydrogen-bond donors (Lipinski definition) is 1. The smallest absolute Gasteiger partial charge is 0.422 e. The van der Waals surface area contributed by atoms with Crippen LogP contribution in [-0.2, 0) is 15.0 Å². The molecule has 0 atom stereocenters. The third-order valence-corrected chi connectivity index (χ3v) is 5.90. The summed E-state index contributed by atoms with van der Waals surface area (Å²) in [6, 6.07) is 8.59. The lowest BCUT2D eigenvalue weighted by molar-refractivity contribution is -0.153. The number of carboxylic acids is 1. The van der Waals surface area contributed by atoms with Gasteiger partial charge in [-0.15, -0.1) is 0 Å². The highest BCUT2D eigenvalue weighted by Gasteiger charge is 2.37. The normalized spacial score (nSPS) is 15.6. The highest BCUT2D eigenvalue weighted by molar-refractivity contribution is 5.99. The van der Waals surface area contributed by atoms with Gasteiger partial charge in [-0.2, -0.15) is 13.2 Å². The molecular weight excluding hydrogens is 459 g/mol. The molecule has 186 valence electrons. The topological polar surface area (TPSA) is 66.8 Å². The summed E-state index contributed by atoms with van der Waals surface area (Å²) < 4.78 is 43.9. The van der Waals surface area contributed by atoms with Crippen LogP contribution in [0.25, 0.3) is 17.2 Å². The first-order chi connectivity index (χ1) is 16.3. The summed E-state index contributed by atoms with van der Waals surface area (Å²) in [5.41, 5.74) is 3.96. The number of hydrogen-bond acceptors (Lipinski definition) is 3. The molecule has 1 amide bonds. The number of ether oxygens (including phenoxy) is 1. The molecule has 0 aliphatic carbocycles. The minimum Gasteiger partial charge on any atom is -0.483 e. The fourth-order valence-corrected chi connectivity index (χ4v) is 4.25. The molecule has 2 aromatic carbocycles. The second kappa shape index (κ2) is 9.98. The van der Waals surface area contributed by atoms with Gasteiger partial charge in [-0.25, -0.2) is 4.79 Å². The van der Waals surface area contributed by atoms with Gasteiger partial charge >= 0.3 is 12.1 Å². The first kappa shape index (κ1) is 26.1. The fourth-order valence-electron chi connectivity index (χ4n) is 4.25. The Morgan fingerprint density at radius 3 is 2.51 bits per heavy atom. The predicted molar refractivity (Wildman–Crippen MR) is 130 cm³/mol. The Hall–Kier alpha value is -3.55. The monoisotopic (exact) mass is 487 g/mol. The van der Waals surface area contributed by atoms with Gasteiger partial charge < -0.3 is 14.7 Å². The molecule has 0 saturated heterocycles. The van der Waals surface area contributed by atoms with E-state index in [0.29, 0.717) is 29.7 Å². The van der Waals surface area contributed by atoms with Crippen molar-refractivity contribution in [3.05, 3.63) is 65.3 Å². The maximum atomic E-state index is 12.9. The number of aryl methyl sites for hydroxylation is 1. The number of nitrogens with zero attached hydrogens (tertiary/aromatic N) is 1. The average Bonchev–Trinajstić information content (AvgIpc) is 2.75. The number of amides is 1. The molecule has 5 nitrogen and oxygen atoms in total. The van der Waals surface area contributed by atoms with Gasteiger partial charge in [0.2, 0.25) is 5.91 Å². The number of aliphatic carboxylic acids is 1. The summed E-state index contributed by atoms with van der Waals surface area (Å²) in [5.74, 6) is -1.03. The largest absolute Gasteiger partial charge is 0.483 e. The molecule has 1 aliphatic heterocycles. The van der Waals surface area contributed by atoms with E-state index in [2.05, 4.69) is 0 Å². The Kier molecular flexibility index (Phi) is 7.43. The number of carbonyl (C=O) groups is 2. The highest BCUT2D eigenvalue weighted by atomic mass is 19.4. The summed E-state index contributed by atoms with van der Waals surface area (Å²) >= 11 is 0. The number of anilines is 1. The summed E-state index contributed by atoms with van der Waals surface area (Å²) in [7, 11) is 0. The van der Waals surface area contributed by atoms with E-state index in [1.165, 1.54) is 18.2 Å². The van der Waals surface area contributed by atoms with E-state index in [9.17, 15) is 22.8 Å². The molecular formula is C27H28F3NO4. The molecule has 0 radical (unpaired) electrons. The minimum atomic E-state index is -4.50. The molecule has 1 N–H and O–H groups in total. The van der Waals surface area contributed by atoms with E-state index in [-0.39, 0.29) is 17.1 Å². The summed E-state index contributed by atoms with van der Waals surface area (Å²) in [5, 5.41) is 8.73. The molecule has 1 aliphatic rings. The van der Waals surface area contributed by atoms with Gasteiger partial charge in [0.05, 0.1) is 0 Å². The molecule has 1 heterocycles. The number of fused-ring (bicyclic) bond motifs is 1. The van der Waals surface area contributed by atoms with E-state index in [0.717, 1.165) is 22.9 Å². The van der Waals surface area contributed by atoms with Crippen molar-refractivity contribution < 1.29 is 32.6 Å². The molecule has 0 bridgehead atoms. The van der Waals surface area contributed by atoms with Crippen LogP contribution in [0, 0.1) is 6.92 Å². The number of rotatable bonds is 7. The van der Waals surface area contributed by atoms with E-state index < -0.39 is 18.8 Å². The van der Waals surface area contributed by atoms with E-state index in [1.54, 1.807) is 23.1 Å². The zero-order valence-electron chi connectivity index (χ0n) is 20.1. The molecule has 0 spiro atoms. The van der Waals surface area contributed by atoms with Crippen LogP contribution in [0.1, 0.15) is 43.9 Å². The van der Waals surface area contributed by atoms with Crippen molar-refractivity contribution in [2.45, 2.75) is 45.7 Å². The average molecular weight is 488 g/mol. The quantitative estimate of drug-likeness (QED) is 0.368. The van der Waals surface area contributed by atoms with Crippen LogP contribution < -0.4 is 9.64 Å². The van der Waals surface area contributed by atoms with E-state index >= 15 is 0 Å². The Bertz CT molecular complexity index is 1200. The van der Waals surface area contributed by atoms with Crippen molar-refractivity contribution >= 4 is 23.6 Å². The molecule has 0 aromatic heterocycles. The number of carboxylic acid groups (broad SMARTS) is 1. The van der Waals surface area contributed by atoms with Gasteiger partial charge in [-0.3, -0.25) is 4.79 Å². The first-order valence-electron chi connectivity index (χ1n) is 11.2. The van der Waals surface area contributed by atoms with Crippen LogP contribution in [0.15, 0.2) is 48.6 Å². The van der Waals surface area contributed by atoms with Crippen LogP contribution in [0.3, 0.4) is 0 Å². The Morgan fingerprint density at radius 1 is 1.17 bits per heavy atom. The lowest BCUT2D eigenvalue weighted by Gasteiger charge is -2.39. The van der Waals surface area contributed by atoms with Crippen LogP contribution >= 0.6 is 0 Å². The number of benzene rings is 2. The highest BCUT2D eigenvalue weighted by Crippen LogP contribution is 2.45. The maximum absolute atomic E-state index is 12.9. The van der Waals surface area contributed by atoms with Crippen LogP contribution in [-0.4, -0.2) is 36.3 Å². The van der Waals surface area contributed by atoms with Crippen LogP contribution in [0.4, 0.5) is 18.9 Å². The van der Waals surface area contributed by atoms with E-state index in [4.69, 9.17) is 9.84 Å². The summed E-state index contributed by atoms with van der Waals surface area (Å²) in [6.07, 6.45) is 1.38. The Balaban J connectivity index is 2.16. The SMILES string of the molecule is CCN1C(=O)CC(C)(C)c2cc(C)c(-c3cc(C=CC=CC(=O)O)ccc3OCC(F)(F)F)cc21. The molecule has 3 rings (SSSR count). The summed E-state index contributed by atoms with van der Waals surface area (Å²) in [4.78, 5) is 25.1. The van der Waals surface area contributed by atoms with Crippen molar-refractivity contribution in [2.75, 3.05) is 18.1 Å². The molecule has 0 fully saturated rings. The van der Waals surface area contributed by atoms with Gasteiger partial charge in [0, 0.05) is 35.7 Å². The van der Waals surface area contributed by atoms with Crippen LogP contribution in [0.5, 0.6) is 5.75 Å². The lowest BCUT2D eigenvalue weighted by atomic mass is 9.75. The Labute approximate surface area is 202 Å². The molecule has 35 heavy (non-hydrogen) atoms. The van der Waals surface area contributed by atoms with Gasteiger partial charge in [0.15, 0.2) is 6.61 Å². The van der Waals surface area contributed by atoms with Gasteiger partial charge in [0.25, 0.3) is 0 Å². The Morgan fingerprint density at radius 2 is 1.89 bits per heavy atom. The molecule has 0 unspecified atom stereocenters. The van der Waals surface area contributed by atoms with Crippen LogP contribution in [0.2, 0.25) is 0 Å². The van der Waals surface area contributed by atoms with Crippen molar-refractivity contribution in [3.63, 3.8) is 0 Å². The standard InChI is InChI=1S/C27H28F3NO4/c1-5-31-22-14-19(17(2)12-21(22)26(3,4)15-24(31)32)20-13-18(8-6-7-9-25(33)34)10-11-23(20)35-16-27(28,29)30/h6-14H,5,15-16H2,1-4H3,(H,33,34). The predicted octanol–water partition coefficient (Wildman–Crippen LogP) is 6.29. The van der Waals surface area contributed by atoms with E-state index in [1.807, 2.05) is 39.8 Å². The molecule has 0 saturated carbocycles. The number of carbonyl (C=O) groups excluding carboxylic acids is 1. The van der Waals surface area contributed by atoms with Crippen molar-refractivity contribution in [3.8, 4) is 16.9 Å². The van der Waals surface area contributed by atoms with Gasteiger partial charge in [-0.05, 0) is 54.3 Å². The minimum absolute atomic E-state index is 0.00440. The molecule has 2 aromatic rings. The van der Waals surface area contributed by atoms with Crippen molar-refractivity contribution in [2.24, 2.45) is 0 Å². The van der Waals surface area contributed by atoms with Gasteiger partial charge in [0.1, 0.15) is 5.75 Å². The van der Waals surface area contributed by atoms with Crippen molar-refractivity contribution in [1.82, 2.24) is 0 Å². The number of allylic oxidation sites excluding steroid dienone is 2. The second-order valence-electron chi connectivity index (χ2n) is 9.10. The van der Waals surface area contributed by atoms with Crippen molar-refractivity contribution in [1.29, 1.82) is 0 Å². The fraction of sp³-hybridized carbons (Fsp3) is 0.333. The third-order valence-electron chi connectivity index (χ3n) is 5.90. The number of alkyl halides is 3. The maximum Gasteiger partial charge on any atom is 0.422 e. The third kappa shape index (κ3) is 6.12. The zero-order chi connectivity index (χ0) is 26.0. The molecule has 8 heteroatoms. The second-order valence-corrected chi connectivity index (χ2v) is 9.10. The lowest BCUT2D eigenvalue weighted by Crippen LogP contribution is -2.41. The first-order valence-corrected chi connectivity index (χ1v) is 11.2. The zero-order valence-corrected chi connectivity index (χ0v) is 20.1. The number of halogens is 3. The van der Waals surface area contributed by atoms with Gasteiger partial charge in [-0.1, -0.05) is 44.2 Å². The summed E-state index contributed by atoms with van der Waals surface area (Å²) in [6.45, 7) is 6.80.